The smallest absolute Gasteiger partial charge is 0.130 e. The van der Waals surface area contributed by atoms with Crippen LogP contribution in [0.2, 0.25) is 0 Å². The highest BCUT2D eigenvalue weighted by molar-refractivity contribution is 5.32. The van der Waals surface area contributed by atoms with Crippen LogP contribution in [0.15, 0.2) is 6.07 Å². The van der Waals surface area contributed by atoms with E-state index in [1.54, 1.807) is 0 Å². The number of aromatic nitrogens is 2. The lowest BCUT2D eigenvalue weighted by atomic mass is 9.92. The molecule has 0 fully saturated rings. The van der Waals surface area contributed by atoms with E-state index in [1.807, 2.05) is 13.0 Å². The van der Waals surface area contributed by atoms with Gasteiger partial charge in [-0.15, -0.1) is 0 Å². The predicted octanol–water partition coefficient (Wildman–Crippen LogP) is 1.92. The monoisotopic (exact) mass is 179 g/mol. The van der Waals surface area contributed by atoms with E-state index in [4.69, 9.17) is 5.73 Å². The quantitative estimate of drug-likeness (QED) is 0.716. The molecule has 0 bridgehead atoms. The fourth-order valence-corrected chi connectivity index (χ4v) is 1.06. The first-order chi connectivity index (χ1) is 5.93. The Hall–Kier alpha value is -1.12. The average Bonchev–Trinajstić information content (AvgIpc) is 2.01. The Bertz CT molecular complexity index is 300. The fraction of sp³-hybridized carbons (Fsp3) is 0.600. The van der Waals surface area contributed by atoms with Crippen LogP contribution in [0.4, 0.5) is 5.82 Å². The molecule has 0 saturated carbocycles. The average molecular weight is 179 g/mol. The zero-order valence-corrected chi connectivity index (χ0v) is 8.76. The fourth-order valence-electron chi connectivity index (χ4n) is 1.06. The largest absolute Gasteiger partial charge is 0.384 e. The lowest BCUT2D eigenvalue weighted by molar-refractivity contribution is 0.563. The van der Waals surface area contributed by atoms with Crippen LogP contribution in [0.25, 0.3) is 0 Å². The molecule has 72 valence electrons. The summed E-state index contributed by atoms with van der Waals surface area (Å²) in [6.45, 7) is 8.39. The molecule has 1 aromatic rings. The second-order valence-electron chi connectivity index (χ2n) is 4.20. The number of nitrogens with two attached hydrogens (primary N) is 1. The Morgan fingerprint density at radius 2 is 1.92 bits per heavy atom. The number of aryl methyl sites for hydroxylation is 1. The zero-order valence-electron chi connectivity index (χ0n) is 8.76. The van der Waals surface area contributed by atoms with Gasteiger partial charge in [0.1, 0.15) is 11.6 Å². The van der Waals surface area contributed by atoms with Crippen molar-refractivity contribution in [1.29, 1.82) is 0 Å². The molecule has 0 aliphatic heterocycles. The number of rotatable bonds is 1. The highest BCUT2D eigenvalue weighted by atomic mass is 14.9. The molecule has 13 heavy (non-hydrogen) atoms. The van der Waals surface area contributed by atoms with Gasteiger partial charge in [0.2, 0.25) is 0 Å². The molecule has 0 spiro atoms. The Morgan fingerprint density at radius 1 is 1.31 bits per heavy atom. The first-order valence-corrected chi connectivity index (χ1v) is 4.57. The summed E-state index contributed by atoms with van der Waals surface area (Å²) in [4.78, 5) is 8.56. The van der Waals surface area contributed by atoms with Gasteiger partial charge in [0.15, 0.2) is 0 Å². The van der Waals surface area contributed by atoms with Crippen molar-refractivity contribution < 1.29 is 0 Å². The molecule has 0 radical (unpaired) electrons. The topological polar surface area (TPSA) is 51.8 Å². The summed E-state index contributed by atoms with van der Waals surface area (Å²) < 4.78 is 0. The van der Waals surface area contributed by atoms with E-state index < -0.39 is 0 Å². The van der Waals surface area contributed by atoms with E-state index in [0.29, 0.717) is 5.82 Å². The molecule has 0 unspecified atom stereocenters. The molecule has 2 N–H and O–H groups in total. The van der Waals surface area contributed by atoms with Crippen LogP contribution < -0.4 is 5.73 Å². The summed E-state index contributed by atoms with van der Waals surface area (Å²) in [6, 6.07) is 1.85. The Kier molecular flexibility index (Phi) is 2.55. The number of nitrogens with zero attached hydrogens (tertiary/aromatic N) is 2. The first-order valence-electron chi connectivity index (χ1n) is 4.57. The van der Waals surface area contributed by atoms with Crippen molar-refractivity contribution in [2.24, 2.45) is 0 Å². The number of anilines is 1. The van der Waals surface area contributed by atoms with Gasteiger partial charge in [-0.3, -0.25) is 0 Å². The van der Waals surface area contributed by atoms with Crippen LogP contribution in [-0.4, -0.2) is 9.97 Å². The summed E-state index contributed by atoms with van der Waals surface area (Å²) in [6.07, 6.45) is 0.827. The van der Waals surface area contributed by atoms with Crippen molar-refractivity contribution in [1.82, 2.24) is 9.97 Å². The van der Waals surface area contributed by atoms with Crippen LogP contribution >= 0.6 is 0 Å². The molecule has 0 saturated heterocycles. The van der Waals surface area contributed by atoms with Crippen LogP contribution in [0.5, 0.6) is 0 Å². The molecule has 0 amide bonds. The highest BCUT2D eigenvalue weighted by Crippen LogP contribution is 2.21. The molecule has 1 heterocycles. The van der Waals surface area contributed by atoms with Gasteiger partial charge < -0.3 is 5.73 Å². The van der Waals surface area contributed by atoms with Gasteiger partial charge in [0.25, 0.3) is 0 Å². The van der Waals surface area contributed by atoms with Gasteiger partial charge in [-0.05, 0) is 0 Å². The van der Waals surface area contributed by atoms with Crippen molar-refractivity contribution >= 4 is 5.82 Å². The normalized spacial score (nSPS) is 11.7. The minimum atomic E-state index is 0.0426. The lowest BCUT2D eigenvalue weighted by Crippen LogP contribution is -2.16. The first kappa shape index (κ1) is 9.96. The third kappa shape index (κ3) is 2.41. The van der Waals surface area contributed by atoms with E-state index in [2.05, 4.69) is 30.7 Å². The summed E-state index contributed by atoms with van der Waals surface area (Å²) in [7, 11) is 0. The van der Waals surface area contributed by atoms with E-state index in [9.17, 15) is 0 Å². The molecule has 3 nitrogen and oxygen atoms in total. The van der Waals surface area contributed by atoms with E-state index in [1.165, 1.54) is 0 Å². The second kappa shape index (κ2) is 3.32. The maximum Gasteiger partial charge on any atom is 0.130 e. The predicted molar refractivity (Wildman–Crippen MR) is 54.5 cm³/mol. The molecular formula is C10H17N3. The minimum Gasteiger partial charge on any atom is -0.384 e. The van der Waals surface area contributed by atoms with Crippen molar-refractivity contribution in [3.8, 4) is 0 Å². The number of hydrogen-bond acceptors (Lipinski definition) is 3. The summed E-state index contributed by atoms with van der Waals surface area (Å²) in [5.74, 6) is 1.39. The number of nitrogen functional groups attached to an aromatic ring is 1. The lowest BCUT2D eigenvalue weighted by Gasteiger charge is -2.18. The third-order valence-corrected chi connectivity index (χ3v) is 1.88. The standard InChI is InChI=1S/C10H17N3/c1-5-9-12-7(10(2,3)4)6-8(11)13-9/h6H,5H2,1-4H3,(H2,11,12,13). The molecular weight excluding hydrogens is 162 g/mol. The van der Waals surface area contributed by atoms with E-state index in [-0.39, 0.29) is 5.41 Å². The van der Waals surface area contributed by atoms with Gasteiger partial charge >= 0.3 is 0 Å². The van der Waals surface area contributed by atoms with Crippen molar-refractivity contribution in [2.45, 2.75) is 39.5 Å². The van der Waals surface area contributed by atoms with Crippen molar-refractivity contribution in [3.63, 3.8) is 0 Å². The molecule has 1 rings (SSSR count). The summed E-state index contributed by atoms with van der Waals surface area (Å²) >= 11 is 0. The molecule has 1 aromatic heterocycles. The molecule has 0 aromatic carbocycles. The summed E-state index contributed by atoms with van der Waals surface area (Å²) in [5, 5.41) is 0. The van der Waals surface area contributed by atoms with Gasteiger partial charge in [-0.25, -0.2) is 9.97 Å². The van der Waals surface area contributed by atoms with E-state index >= 15 is 0 Å². The maximum absolute atomic E-state index is 5.68. The summed E-state index contributed by atoms with van der Waals surface area (Å²) in [5.41, 5.74) is 6.73. The Morgan fingerprint density at radius 3 is 2.38 bits per heavy atom. The SMILES string of the molecule is CCc1nc(N)cc(C(C)(C)C)n1. The van der Waals surface area contributed by atoms with Gasteiger partial charge in [0.05, 0.1) is 5.69 Å². The van der Waals surface area contributed by atoms with Gasteiger partial charge in [-0.1, -0.05) is 27.7 Å². The Labute approximate surface area is 79.4 Å². The molecule has 3 heteroatoms. The highest BCUT2D eigenvalue weighted by Gasteiger charge is 2.16. The molecule has 0 aliphatic carbocycles. The van der Waals surface area contributed by atoms with Gasteiger partial charge in [-0.2, -0.15) is 0 Å². The minimum absolute atomic E-state index is 0.0426. The Balaban J connectivity index is 3.16. The van der Waals surface area contributed by atoms with Crippen molar-refractivity contribution in [3.05, 3.63) is 17.6 Å². The molecule has 0 aliphatic rings. The zero-order chi connectivity index (χ0) is 10.1. The maximum atomic E-state index is 5.68. The van der Waals surface area contributed by atoms with Crippen LogP contribution in [0.1, 0.15) is 39.2 Å². The van der Waals surface area contributed by atoms with Crippen LogP contribution in [0, 0.1) is 0 Å². The second-order valence-corrected chi connectivity index (χ2v) is 4.20. The van der Waals surface area contributed by atoms with Crippen molar-refractivity contribution in [2.75, 3.05) is 5.73 Å². The van der Waals surface area contributed by atoms with Crippen LogP contribution in [0.3, 0.4) is 0 Å². The third-order valence-electron chi connectivity index (χ3n) is 1.88. The molecule has 0 atom stereocenters. The number of hydrogen-bond donors (Lipinski definition) is 1. The van der Waals surface area contributed by atoms with Gasteiger partial charge in [0, 0.05) is 17.9 Å². The van der Waals surface area contributed by atoms with E-state index in [0.717, 1.165) is 17.9 Å². The van der Waals surface area contributed by atoms with Crippen LogP contribution in [-0.2, 0) is 11.8 Å².